The first kappa shape index (κ1) is 14.3. The first-order valence-corrected chi connectivity index (χ1v) is 8.44. The lowest BCUT2D eigenvalue weighted by Gasteiger charge is -2.33. The summed E-state index contributed by atoms with van der Waals surface area (Å²) in [5, 5.41) is 6.12. The van der Waals surface area contributed by atoms with E-state index in [2.05, 4.69) is 66.1 Å². The fraction of sp³-hybridized carbons (Fsp3) is 0.350. The molecule has 23 heavy (non-hydrogen) atoms. The van der Waals surface area contributed by atoms with Gasteiger partial charge in [-0.25, -0.2) is 4.79 Å². The van der Waals surface area contributed by atoms with Gasteiger partial charge in [-0.15, -0.1) is 0 Å². The van der Waals surface area contributed by atoms with Crippen LogP contribution in [-0.2, 0) is 0 Å². The smallest absolute Gasteiger partial charge is 0.315 e. The largest absolute Gasteiger partial charge is 0.333 e. The molecular formula is C20H22N2O. The third-order valence-corrected chi connectivity index (χ3v) is 5.30. The van der Waals surface area contributed by atoms with Crippen LogP contribution in [0.4, 0.5) is 4.79 Å². The van der Waals surface area contributed by atoms with E-state index in [9.17, 15) is 4.79 Å². The number of hydrogen-bond donors (Lipinski definition) is 2. The predicted octanol–water partition coefficient (Wildman–Crippen LogP) is 3.98. The number of carbonyl (C=O) groups is 1. The Morgan fingerprint density at radius 2 is 1.70 bits per heavy atom. The maximum absolute atomic E-state index is 11.6. The number of rotatable bonds is 2. The zero-order valence-corrected chi connectivity index (χ0v) is 13.4. The Balaban J connectivity index is 1.70. The van der Waals surface area contributed by atoms with Crippen molar-refractivity contribution in [2.75, 3.05) is 0 Å². The Morgan fingerprint density at radius 1 is 0.913 bits per heavy atom. The number of aryl methyl sites for hydroxylation is 1. The lowest BCUT2D eigenvalue weighted by atomic mass is 9.76. The number of hydrogen-bond acceptors (Lipinski definition) is 1. The molecule has 2 aliphatic rings. The van der Waals surface area contributed by atoms with Gasteiger partial charge < -0.3 is 10.6 Å². The van der Waals surface area contributed by atoms with Crippen molar-refractivity contribution >= 4 is 6.03 Å². The summed E-state index contributed by atoms with van der Waals surface area (Å²) in [6.07, 6.45) is 3.21. The van der Waals surface area contributed by atoms with Gasteiger partial charge in [0.15, 0.2) is 0 Å². The van der Waals surface area contributed by atoms with Gasteiger partial charge >= 0.3 is 6.03 Å². The topological polar surface area (TPSA) is 41.1 Å². The van der Waals surface area contributed by atoms with Crippen LogP contribution in [0.5, 0.6) is 0 Å². The monoisotopic (exact) mass is 306 g/mol. The molecule has 2 N–H and O–H groups in total. The minimum atomic E-state index is -0.00582. The summed E-state index contributed by atoms with van der Waals surface area (Å²) in [5.41, 5.74) is 5.43. The maximum atomic E-state index is 11.6. The van der Waals surface area contributed by atoms with Gasteiger partial charge in [-0.05, 0) is 54.4 Å². The molecule has 2 amide bonds. The summed E-state index contributed by atoms with van der Waals surface area (Å²) in [6.45, 7) is 2.21. The van der Waals surface area contributed by atoms with Gasteiger partial charge in [0.25, 0.3) is 0 Å². The molecule has 0 aromatic heterocycles. The Morgan fingerprint density at radius 3 is 2.52 bits per heavy atom. The van der Waals surface area contributed by atoms with Crippen molar-refractivity contribution in [2.45, 2.75) is 44.2 Å². The molecule has 2 aromatic carbocycles. The van der Waals surface area contributed by atoms with Crippen LogP contribution in [0.2, 0.25) is 0 Å². The first-order chi connectivity index (χ1) is 11.2. The zero-order valence-electron chi connectivity index (χ0n) is 13.4. The van der Waals surface area contributed by atoms with Crippen LogP contribution in [0.25, 0.3) is 11.1 Å². The molecular weight excluding hydrogens is 284 g/mol. The minimum absolute atomic E-state index is 0.00582. The average molecular weight is 306 g/mol. The van der Waals surface area contributed by atoms with E-state index in [0.29, 0.717) is 12.0 Å². The lowest BCUT2D eigenvalue weighted by molar-refractivity contribution is 0.247. The van der Waals surface area contributed by atoms with Crippen molar-refractivity contribution in [3.8, 4) is 11.1 Å². The third-order valence-electron chi connectivity index (χ3n) is 5.30. The number of urea groups is 1. The molecule has 3 nitrogen and oxygen atoms in total. The number of amides is 2. The van der Waals surface area contributed by atoms with E-state index in [1.54, 1.807) is 0 Å². The maximum Gasteiger partial charge on any atom is 0.315 e. The van der Waals surface area contributed by atoms with Gasteiger partial charge in [-0.2, -0.15) is 0 Å². The molecule has 2 aromatic rings. The third kappa shape index (κ3) is 2.61. The highest BCUT2D eigenvalue weighted by Crippen LogP contribution is 2.40. The van der Waals surface area contributed by atoms with Crippen molar-refractivity contribution < 1.29 is 4.79 Å². The van der Waals surface area contributed by atoms with Crippen molar-refractivity contribution in [2.24, 2.45) is 0 Å². The molecule has 0 bridgehead atoms. The van der Waals surface area contributed by atoms with Crippen LogP contribution in [0.1, 0.15) is 36.3 Å². The van der Waals surface area contributed by atoms with Crippen molar-refractivity contribution in [3.63, 3.8) is 0 Å². The molecule has 1 saturated heterocycles. The molecule has 3 atom stereocenters. The van der Waals surface area contributed by atoms with E-state index in [-0.39, 0.29) is 12.1 Å². The average Bonchev–Trinajstić information content (AvgIpc) is 2.94. The highest BCUT2D eigenvalue weighted by molar-refractivity contribution is 5.77. The quantitative estimate of drug-likeness (QED) is 0.865. The fourth-order valence-corrected chi connectivity index (χ4v) is 4.24. The molecule has 1 aliphatic carbocycles. The van der Waals surface area contributed by atoms with E-state index < -0.39 is 0 Å². The van der Waals surface area contributed by atoms with E-state index in [0.717, 1.165) is 19.3 Å². The van der Waals surface area contributed by atoms with Crippen LogP contribution in [0, 0.1) is 6.92 Å². The first-order valence-electron chi connectivity index (χ1n) is 8.44. The fourth-order valence-electron chi connectivity index (χ4n) is 4.24. The summed E-state index contributed by atoms with van der Waals surface area (Å²) in [6, 6.07) is 17.8. The van der Waals surface area contributed by atoms with Gasteiger partial charge in [0.2, 0.25) is 0 Å². The van der Waals surface area contributed by atoms with Crippen molar-refractivity contribution in [1.82, 2.24) is 10.6 Å². The van der Waals surface area contributed by atoms with E-state index in [1.807, 2.05) is 0 Å². The zero-order chi connectivity index (χ0) is 15.8. The number of benzene rings is 2. The SMILES string of the molecule is Cc1cccc(-c2ccccc2)c1C1CCC2NC(=O)NC2C1. The number of fused-ring (bicyclic) bond motifs is 1. The second-order valence-corrected chi connectivity index (χ2v) is 6.74. The molecule has 1 saturated carbocycles. The summed E-state index contributed by atoms with van der Waals surface area (Å²) >= 11 is 0. The van der Waals surface area contributed by atoms with Gasteiger partial charge in [0.05, 0.1) is 12.1 Å². The van der Waals surface area contributed by atoms with E-state index in [4.69, 9.17) is 0 Å². The van der Waals surface area contributed by atoms with Crippen LogP contribution >= 0.6 is 0 Å². The van der Waals surface area contributed by atoms with Crippen LogP contribution in [0.3, 0.4) is 0 Å². The minimum Gasteiger partial charge on any atom is -0.333 e. The van der Waals surface area contributed by atoms with Gasteiger partial charge in [0, 0.05) is 0 Å². The van der Waals surface area contributed by atoms with Gasteiger partial charge in [0.1, 0.15) is 0 Å². The Kier molecular flexibility index (Phi) is 3.56. The summed E-state index contributed by atoms with van der Waals surface area (Å²) in [7, 11) is 0. The van der Waals surface area contributed by atoms with E-state index in [1.165, 1.54) is 22.3 Å². The molecule has 1 heterocycles. The molecule has 4 rings (SSSR count). The Labute approximate surface area is 137 Å². The van der Waals surface area contributed by atoms with Crippen LogP contribution in [0.15, 0.2) is 48.5 Å². The van der Waals surface area contributed by atoms with Crippen LogP contribution < -0.4 is 10.6 Å². The molecule has 3 unspecified atom stereocenters. The molecule has 118 valence electrons. The highest BCUT2D eigenvalue weighted by atomic mass is 16.2. The molecule has 0 radical (unpaired) electrons. The van der Waals surface area contributed by atoms with Crippen LogP contribution in [-0.4, -0.2) is 18.1 Å². The summed E-state index contributed by atoms with van der Waals surface area (Å²) in [4.78, 5) is 11.6. The van der Waals surface area contributed by atoms with Gasteiger partial charge in [-0.3, -0.25) is 0 Å². The second-order valence-electron chi connectivity index (χ2n) is 6.74. The molecule has 1 aliphatic heterocycles. The number of nitrogens with one attached hydrogen (secondary N) is 2. The normalized spacial score (nSPS) is 26.3. The molecule has 2 fully saturated rings. The summed E-state index contributed by atoms with van der Waals surface area (Å²) < 4.78 is 0. The highest BCUT2D eigenvalue weighted by Gasteiger charge is 2.38. The van der Waals surface area contributed by atoms with Gasteiger partial charge in [-0.1, -0.05) is 48.5 Å². The summed E-state index contributed by atoms with van der Waals surface area (Å²) in [5.74, 6) is 0.507. The number of carbonyl (C=O) groups excluding carboxylic acids is 1. The standard InChI is InChI=1S/C20H22N2O/c1-13-6-5-9-16(14-7-3-2-4-8-14)19(13)15-10-11-17-18(12-15)22-20(23)21-17/h2-9,15,17-18H,10-12H2,1H3,(H2,21,22,23). The molecule has 0 spiro atoms. The van der Waals surface area contributed by atoms with Crippen molar-refractivity contribution in [3.05, 3.63) is 59.7 Å². The van der Waals surface area contributed by atoms with Crippen molar-refractivity contribution in [1.29, 1.82) is 0 Å². The lowest BCUT2D eigenvalue weighted by Crippen LogP contribution is -2.39. The van der Waals surface area contributed by atoms with E-state index >= 15 is 0 Å². The Hall–Kier alpha value is -2.29. The second kappa shape index (κ2) is 5.73. The Bertz CT molecular complexity index is 726. The predicted molar refractivity (Wildman–Crippen MR) is 92.5 cm³/mol. The molecule has 3 heteroatoms.